The molecule has 22 heavy (non-hydrogen) atoms. The third-order valence-corrected chi connectivity index (χ3v) is 4.64. The van der Waals surface area contributed by atoms with Gasteiger partial charge in [0.2, 0.25) is 5.56 Å². The molecule has 0 unspecified atom stereocenters. The summed E-state index contributed by atoms with van der Waals surface area (Å²) in [6, 6.07) is 9.42. The Kier molecular flexibility index (Phi) is 3.74. The molecule has 1 aromatic carbocycles. The first-order valence-corrected chi connectivity index (χ1v) is 7.60. The SMILES string of the molecule is C[C@@H]1CN(C(=O)c2cccc3ccc(=O)[nH]c23)C[C@H](C)N1C. The van der Waals surface area contributed by atoms with E-state index in [4.69, 9.17) is 0 Å². The molecule has 1 amide bonds. The fourth-order valence-electron chi connectivity index (χ4n) is 3.10. The summed E-state index contributed by atoms with van der Waals surface area (Å²) in [7, 11) is 2.09. The number of carbonyl (C=O) groups excluding carboxylic acids is 1. The number of benzene rings is 1. The minimum absolute atomic E-state index is 0.0146. The Morgan fingerprint density at radius 2 is 1.82 bits per heavy atom. The molecule has 1 aromatic heterocycles. The predicted octanol–water partition coefficient (Wildman–Crippen LogP) is 1.69. The average molecular weight is 299 g/mol. The fourth-order valence-corrected chi connectivity index (χ4v) is 3.10. The van der Waals surface area contributed by atoms with Gasteiger partial charge >= 0.3 is 0 Å². The zero-order valence-corrected chi connectivity index (χ0v) is 13.2. The van der Waals surface area contributed by atoms with Crippen molar-refractivity contribution in [2.75, 3.05) is 20.1 Å². The summed E-state index contributed by atoms with van der Waals surface area (Å²) in [6.45, 7) is 5.65. The molecule has 0 saturated carbocycles. The molecule has 1 fully saturated rings. The lowest BCUT2D eigenvalue weighted by Gasteiger charge is -2.42. The minimum Gasteiger partial charge on any atom is -0.335 e. The molecular formula is C17H21N3O2. The number of nitrogens with one attached hydrogen (secondary N) is 1. The number of nitrogens with zero attached hydrogens (tertiary/aromatic N) is 2. The number of carbonyl (C=O) groups is 1. The second-order valence-corrected chi connectivity index (χ2v) is 6.17. The molecule has 3 rings (SSSR count). The van der Waals surface area contributed by atoms with E-state index >= 15 is 0 Å². The number of aromatic amines is 1. The first-order valence-electron chi connectivity index (χ1n) is 7.60. The van der Waals surface area contributed by atoms with Crippen LogP contribution < -0.4 is 5.56 Å². The molecule has 1 aliphatic rings. The van der Waals surface area contributed by atoms with Gasteiger partial charge < -0.3 is 9.88 Å². The normalized spacial score (nSPS) is 23.0. The van der Waals surface area contributed by atoms with Crippen molar-refractivity contribution in [3.8, 4) is 0 Å². The second kappa shape index (κ2) is 5.57. The van der Waals surface area contributed by atoms with Gasteiger partial charge in [0, 0.05) is 31.2 Å². The highest BCUT2D eigenvalue weighted by Crippen LogP contribution is 2.20. The Labute approximate surface area is 129 Å². The highest BCUT2D eigenvalue weighted by atomic mass is 16.2. The van der Waals surface area contributed by atoms with Crippen LogP contribution in [0.25, 0.3) is 10.9 Å². The van der Waals surface area contributed by atoms with Crippen molar-refractivity contribution in [2.24, 2.45) is 0 Å². The van der Waals surface area contributed by atoms with Crippen LogP contribution >= 0.6 is 0 Å². The lowest BCUT2D eigenvalue weighted by molar-refractivity contribution is 0.0415. The molecule has 5 nitrogen and oxygen atoms in total. The number of H-pyrrole nitrogens is 1. The van der Waals surface area contributed by atoms with E-state index in [2.05, 4.69) is 30.8 Å². The van der Waals surface area contributed by atoms with Gasteiger partial charge in [-0.3, -0.25) is 14.5 Å². The summed E-state index contributed by atoms with van der Waals surface area (Å²) in [5.74, 6) is -0.0146. The molecule has 0 aliphatic carbocycles. The maximum absolute atomic E-state index is 12.9. The van der Waals surface area contributed by atoms with E-state index in [1.165, 1.54) is 6.07 Å². The smallest absolute Gasteiger partial charge is 0.256 e. The van der Waals surface area contributed by atoms with Gasteiger partial charge in [-0.15, -0.1) is 0 Å². The van der Waals surface area contributed by atoms with Crippen LogP contribution in [0.2, 0.25) is 0 Å². The van der Waals surface area contributed by atoms with E-state index in [0.717, 1.165) is 5.39 Å². The van der Waals surface area contributed by atoms with Gasteiger partial charge in [-0.2, -0.15) is 0 Å². The van der Waals surface area contributed by atoms with E-state index in [0.29, 0.717) is 36.3 Å². The van der Waals surface area contributed by atoms with Gasteiger partial charge in [0.15, 0.2) is 0 Å². The Balaban J connectivity index is 1.99. The van der Waals surface area contributed by atoms with Crippen molar-refractivity contribution in [1.29, 1.82) is 0 Å². The maximum atomic E-state index is 12.9. The summed E-state index contributed by atoms with van der Waals surface area (Å²) in [4.78, 5) is 31.5. The van der Waals surface area contributed by atoms with Gasteiger partial charge in [-0.1, -0.05) is 12.1 Å². The van der Waals surface area contributed by atoms with Crippen molar-refractivity contribution in [1.82, 2.24) is 14.8 Å². The summed E-state index contributed by atoms with van der Waals surface area (Å²) < 4.78 is 0. The van der Waals surface area contributed by atoms with E-state index in [1.807, 2.05) is 17.0 Å². The summed E-state index contributed by atoms with van der Waals surface area (Å²) in [5.41, 5.74) is 1.01. The third kappa shape index (κ3) is 2.52. The number of para-hydroxylation sites is 1. The zero-order chi connectivity index (χ0) is 15.9. The second-order valence-electron chi connectivity index (χ2n) is 6.17. The summed E-state index contributed by atoms with van der Waals surface area (Å²) in [6.07, 6.45) is 0. The molecule has 1 saturated heterocycles. The van der Waals surface area contributed by atoms with Gasteiger partial charge in [-0.05, 0) is 38.4 Å². The number of hydrogen-bond acceptors (Lipinski definition) is 3. The molecule has 0 spiro atoms. The number of rotatable bonds is 1. The predicted molar refractivity (Wildman–Crippen MR) is 87.2 cm³/mol. The fraction of sp³-hybridized carbons (Fsp3) is 0.412. The van der Waals surface area contributed by atoms with Crippen molar-refractivity contribution < 1.29 is 4.79 Å². The standard InChI is InChI=1S/C17H21N3O2/c1-11-9-20(10-12(2)19(11)3)17(22)14-6-4-5-13-7-8-15(21)18-16(13)14/h4-8,11-12H,9-10H2,1-3H3,(H,18,21)/t11-,12+. The number of amides is 1. The number of pyridine rings is 1. The van der Waals surface area contributed by atoms with E-state index < -0.39 is 0 Å². The van der Waals surface area contributed by atoms with Crippen LogP contribution in [0.5, 0.6) is 0 Å². The largest absolute Gasteiger partial charge is 0.335 e. The van der Waals surface area contributed by atoms with Gasteiger partial charge in [0.05, 0.1) is 11.1 Å². The van der Waals surface area contributed by atoms with Crippen molar-refractivity contribution in [2.45, 2.75) is 25.9 Å². The van der Waals surface area contributed by atoms with E-state index in [9.17, 15) is 9.59 Å². The molecule has 0 bridgehead atoms. The molecule has 2 atom stereocenters. The van der Waals surface area contributed by atoms with E-state index in [-0.39, 0.29) is 11.5 Å². The molecule has 116 valence electrons. The topological polar surface area (TPSA) is 56.4 Å². The Morgan fingerprint density at radius 3 is 2.50 bits per heavy atom. The van der Waals surface area contributed by atoms with Crippen LogP contribution in [0.4, 0.5) is 0 Å². The van der Waals surface area contributed by atoms with Crippen LogP contribution in [-0.4, -0.2) is 52.9 Å². The monoisotopic (exact) mass is 299 g/mol. The minimum atomic E-state index is -0.187. The van der Waals surface area contributed by atoms with Crippen LogP contribution in [0.3, 0.4) is 0 Å². The van der Waals surface area contributed by atoms with Crippen molar-refractivity contribution in [3.63, 3.8) is 0 Å². The third-order valence-electron chi connectivity index (χ3n) is 4.64. The Hall–Kier alpha value is -2.14. The van der Waals surface area contributed by atoms with Crippen molar-refractivity contribution >= 4 is 16.8 Å². The van der Waals surface area contributed by atoms with Gasteiger partial charge in [-0.25, -0.2) is 0 Å². The van der Waals surface area contributed by atoms with Crippen LogP contribution in [0.15, 0.2) is 35.1 Å². The quantitative estimate of drug-likeness (QED) is 0.872. The summed E-state index contributed by atoms with van der Waals surface area (Å²) >= 11 is 0. The first-order chi connectivity index (χ1) is 10.5. The van der Waals surface area contributed by atoms with Crippen LogP contribution in [0.1, 0.15) is 24.2 Å². The molecule has 1 N–H and O–H groups in total. The number of fused-ring (bicyclic) bond motifs is 1. The molecule has 1 aliphatic heterocycles. The maximum Gasteiger partial charge on any atom is 0.256 e. The lowest BCUT2D eigenvalue weighted by atomic mass is 10.1. The molecule has 0 radical (unpaired) electrons. The molecular weight excluding hydrogens is 278 g/mol. The van der Waals surface area contributed by atoms with Crippen molar-refractivity contribution in [3.05, 3.63) is 46.2 Å². The van der Waals surface area contributed by atoms with Gasteiger partial charge in [0.1, 0.15) is 0 Å². The highest BCUT2D eigenvalue weighted by molar-refractivity contribution is 6.05. The number of aromatic nitrogens is 1. The number of hydrogen-bond donors (Lipinski definition) is 1. The lowest BCUT2D eigenvalue weighted by Crippen LogP contribution is -2.56. The molecule has 5 heteroatoms. The zero-order valence-electron chi connectivity index (χ0n) is 13.2. The number of piperazine rings is 1. The molecule has 2 heterocycles. The average Bonchev–Trinajstić information content (AvgIpc) is 2.50. The highest BCUT2D eigenvalue weighted by Gasteiger charge is 2.30. The molecule has 2 aromatic rings. The first kappa shape index (κ1) is 14.8. The van der Waals surface area contributed by atoms with E-state index in [1.54, 1.807) is 12.1 Å². The Morgan fingerprint density at radius 1 is 1.14 bits per heavy atom. The number of likely N-dealkylation sites (N-methyl/N-ethyl adjacent to an activating group) is 1. The van der Waals surface area contributed by atoms with Crippen LogP contribution in [0, 0.1) is 0 Å². The van der Waals surface area contributed by atoms with Crippen LogP contribution in [-0.2, 0) is 0 Å². The summed E-state index contributed by atoms with van der Waals surface area (Å²) in [5, 5.41) is 0.876. The van der Waals surface area contributed by atoms with Gasteiger partial charge in [0.25, 0.3) is 5.91 Å². The Bertz CT molecular complexity index is 756.